The van der Waals surface area contributed by atoms with Crippen molar-refractivity contribution in [2.24, 2.45) is 5.92 Å². The lowest BCUT2D eigenvalue weighted by molar-refractivity contribution is 0.0764. The number of amides is 1. The summed E-state index contributed by atoms with van der Waals surface area (Å²) in [4.78, 5) is 14.1. The number of hydrogen-bond donors (Lipinski definition) is 2. The standard InChI is InChI=1S/C17H20FN3O3/c1-10-5-13(20-19-10)6-12-8-21(9-15(12)22)17(23)11-3-4-16(24-2)14(18)7-11/h3-5,7,12,15,22H,6,8-9H2,1-2H3,(H,19,20)/t12-,15-/m1/s1. The van der Waals surface area contributed by atoms with Crippen LogP contribution in [0.25, 0.3) is 0 Å². The topological polar surface area (TPSA) is 78.5 Å². The van der Waals surface area contributed by atoms with Crippen molar-refractivity contribution in [3.63, 3.8) is 0 Å². The van der Waals surface area contributed by atoms with Crippen LogP contribution in [0, 0.1) is 18.7 Å². The molecule has 128 valence electrons. The number of aromatic amines is 1. The van der Waals surface area contributed by atoms with E-state index in [1.54, 1.807) is 4.90 Å². The van der Waals surface area contributed by atoms with Gasteiger partial charge in [0.25, 0.3) is 5.91 Å². The first kappa shape index (κ1) is 16.4. The first-order valence-electron chi connectivity index (χ1n) is 7.79. The van der Waals surface area contributed by atoms with E-state index in [0.717, 1.165) is 17.5 Å². The summed E-state index contributed by atoms with van der Waals surface area (Å²) in [5.41, 5.74) is 2.07. The number of rotatable bonds is 4. The van der Waals surface area contributed by atoms with Crippen LogP contribution in [0.5, 0.6) is 5.75 Å². The number of nitrogens with zero attached hydrogens (tertiary/aromatic N) is 2. The summed E-state index contributed by atoms with van der Waals surface area (Å²) < 4.78 is 18.6. The third-order valence-corrected chi connectivity index (χ3v) is 4.32. The summed E-state index contributed by atoms with van der Waals surface area (Å²) in [6.07, 6.45) is -0.0271. The number of carbonyl (C=O) groups excluding carboxylic acids is 1. The van der Waals surface area contributed by atoms with Gasteiger partial charge in [-0.1, -0.05) is 0 Å². The second-order valence-electron chi connectivity index (χ2n) is 6.13. The molecule has 0 unspecified atom stereocenters. The molecule has 1 fully saturated rings. The lowest BCUT2D eigenvalue weighted by Gasteiger charge is -2.16. The molecule has 0 radical (unpaired) electrons. The highest BCUT2D eigenvalue weighted by atomic mass is 19.1. The summed E-state index contributed by atoms with van der Waals surface area (Å²) in [5, 5.41) is 17.3. The minimum absolute atomic E-state index is 0.0836. The van der Waals surface area contributed by atoms with Crippen LogP contribution >= 0.6 is 0 Å². The molecule has 1 saturated heterocycles. The predicted octanol–water partition coefficient (Wildman–Crippen LogP) is 1.54. The van der Waals surface area contributed by atoms with E-state index in [1.807, 2.05) is 13.0 Å². The van der Waals surface area contributed by atoms with Gasteiger partial charge in [-0.25, -0.2) is 4.39 Å². The molecular formula is C17H20FN3O3. The Bertz CT molecular complexity index is 746. The number of H-pyrrole nitrogens is 1. The number of aliphatic hydroxyl groups is 1. The van der Waals surface area contributed by atoms with Crippen molar-refractivity contribution in [1.29, 1.82) is 0 Å². The highest BCUT2D eigenvalue weighted by molar-refractivity contribution is 5.94. The van der Waals surface area contributed by atoms with Crippen LogP contribution in [0.15, 0.2) is 24.3 Å². The molecule has 24 heavy (non-hydrogen) atoms. The van der Waals surface area contributed by atoms with Crippen LogP contribution in [-0.4, -0.2) is 52.4 Å². The Hall–Kier alpha value is -2.41. The molecule has 2 N–H and O–H groups in total. The van der Waals surface area contributed by atoms with Crippen LogP contribution in [-0.2, 0) is 6.42 Å². The fourth-order valence-corrected chi connectivity index (χ4v) is 3.05. The number of aliphatic hydroxyl groups excluding tert-OH is 1. The number of benzene rings is 1. The lowest BCUT2D eigenvalue weighted by Crippen LogP contribution is -2.29. The van der Waals surface area contributed by atoms with E-state index in [2.05, 4.69) is 10.2 Å². The number of aryl methyl sites for hydroxylation is 1. The van der Waals surface area contributed by atoms with E-state index >= 15 is 0 Å². The maximum absolute atomic E-state index is 13.8. The van der Waals surface area contributed by atoms with E-state index in [0.29, 0.717) is 13.0 Å². The fourth-order valence-electron chi connectivity index (χ4n) is 3.05. The zero-order chi connectivity index (χ0) is 17.3. The van der Waals surface area contributed by atoms with Gasteiger partial charge < -0.3 is 14.7 Å². The quantitative estimate of drug-likeness (QED) is 0.890. The van der Waals surface area contributed by atoms with Crippen molar-refractivity contribution >= 4 is 5.91 Å². The van der Waals surface area contributed by atoms with Gasteiger partial charge in [0.05, 0.1) is 18.9 Å². The molecule has 1 aliphatic heterocycles. The van der Waals surface area contributed by atoms with Crippen molar-refractivity contribution in [2.75, 3.05) is 20.2 Å². The molecule has 6 nitrogen and oxygen atoms in total. The smallest absolute Gasteiger partial charge is 0.254 e. The molecule has 1 amide bonds. The second kappa shape index (κ2) is 6.60. The SMILES string of the molecule is COc1ccc(C(=O)N2C[C@@H](Cc3cc(C)[nH]n3)[C@H](O)C2)cc1F. The van der Waals surface area contributed by atoms with Crippen LogP contribution in [0.2, 0.25) is 0 Å². The maximum atomic E-state index is 13.8. The molecular weight excluding hydrogens is 313 g/mol. The first-order valence-corrected chi connectivity index (χ1v) is 7.79. The number of hydrogen-bond acceptors (Lipinski definition) is 4. The Morgan fingerprint density at radius 3 is 2.88 bits per heavy atom. The van der Waals surface area contributed by atoms with Gasteiger partial charge >= 0.3 is 0 Å². The maximum Gasteiger partial charge on any atom is 0.254 e. The van der Waals surface area contributed by atoms with Gasteiger partial charge in [-0.05, 0) is 37.6 Å². The van der Waals surface area contributed by atoms with E-state index in [9.17, 15) is 14.3 Å². The zero-order valence-electron chi connectivity index (χ0n) is 13.6. The Morgan fingerprint density at radius 2 is 2.25 bits per heavy atom. The Kier molecular flexibility index (Phi) is 4.53. The molecule has 0 spiro atoms. The Labute approximate surface area is 139 Å². The van der Waals surface area contributed by atoms with E-state index in [4.69, 9.17) is 4.74 Å². The molecule has 1 aromatic heterocycles. The minimum Gasteiger partial charge on any atom is -0.494 e. The van der Waals surface area contributed by atoms with Gasteiger partial charge in [-0.15, -0.1) is 0 Å². The van der Waals surface area contributed by atoms with Gasteiger partial charge in [-0.2, -0.15) is 5.10 Å². The van der Waals surface area contributed by atoms with Crippen LogP contribution in [0.3, 0.4) is 0 Å². The number of ether oxygens (including phenoxy) is 1. The molecule has 1 aliphatic rings. The van der Waals surface area contributed by atoms with E-state index in [-0.39, 0.29) is 29.7 Å². The molecule has 0 aliphatic carbocycles. The van der Waals surface area contributed by atoms with Gasteiger partial charge in [0.1, 0.15) is 0 Å². The Balaban J connectivity index is 1.69. The highest BCUT2D eigenvalue weighted by Crippen LogP contribution is 2.24. The number of likely N-dealkylation sites (tertiary alicyclic amines) is 1. The van der Waals surface area contributed by atoms with Crippen LogP contribution < -0.4 is 4.74 Å². The number of methoxy groups -OCH3 is 1. The van der Waals surface area contributed by atoms with Gasteiger partial charge in [0.15, 0.2) is 11.6 Å². The molecule has 0 saturated carbocycles. The molecule has 7 heteroatoms. The zero-order valence-corrected chi connectivity index (χ0v) is 13.6. The third-order valence-electron chi connectivity index (χ3n) is 4.32. The van der Waals surface area contributed by atoms with Gasteiger partial charge in [0, 0.05) is 30.3 Å². The summed E-state index contributed by atoms with van der Waals surface area (Å²) in [6.45, 7) is 2.57. The largest absolute Gasteiger partial charge is 0.494 e. The molecule has 2 aromatic rings. The molecule has 2 heterocycles. The van der Waals surface area contributed by atoms with Crippen molar-refractivity contribution in [3.8, 4) is 5.75 Å². The minimum atomic E-state index is -0.617. The summed E-state index contributed by atoms with van der Waals surface area (Å²) in [7, 11) is 1.37. The lowest BCUT2D eigenvalue weighted by atomic mass is 10.0. The number of β-amino-alcohol motifs (C(OH)–C–C–N with tert-alkyl or cyclic N) is 1. The van der Waals surface area contributed by atoms with Crippen molar-refractivity contribution in [3.05, 3.63) is 47.0 Å². The van der Waals surface area contributed by atoms with Crippen LogP contribution in [0.1, 0.15) is 21.7 Å². The molecule has 2 atom stereocenters. The molecule has 0 bridgehead atoms. The van der Waals surface area contributed by atoms with E-state index < -0.39 is 11.9 Å². The normalized spacial score (nSPS) is 20.4. The number of nitrogens with one attached hydrogen (secondary N) is 1. The van der Waals surface area contributed by atoms with Crippen LogP contribution in [0.4, 0.5) is 4.39 Å². The Morgan fingerprint density at radius 1 is 1.46 bits per heavy atom. The molecule has 3 rings (SSSR count). The van der Waals surface area contributed by atoms with Gasteiger partial charge in [0.2, 0.25) is 0 Å². The summed E-state index contributed by atoms with van der Waals surface area (Å²) in [5.74, 6) is -0.859. The third kappa shape index (κ3) is 3.26. The highest BCUT2D eigenvalue weighted by Gasteiger charge is 2.35. The van der Waals surface area contributed by atoms with Crippen molar-refractivity contribution in [2.45, 2.75) is 19.4 Å². The van der Waals surface area contributed by atoms with Crippen molar-refractivity contribution in [1.82, 2.24) is 15.1 Å². The average molecular weight is 333 g/mol. The second-order valence-corrected chi connectivity index (χ2v) is 6.13. The summed E-state index contributed by atoms with van der Waals surface area (Å²) in [6, 6.07) is 6.05. The number of halogens is 1. The van der Waals surface area contributed by atoms with E-state index in [1.165, 1.54) is 19.2 Å². The number of carbonyl (C=O) groups is 1. The fraction of sp³-hybridized carbons (Fsp3) is 0.412. The predicted molar refractivity (Wildman–Crippen MR) is 85.4 cm³/mol. The monoisotopic (exact) mass is 333 g/mol. The average Bonchev–Trinajstić information content (AvgIpc) is 3.13. The first-order chi connectivity index (χ1) is 11.5. The molecule has 1 aromatic carbocycles. The van der Waals surface area contributed by atoms with Gasteiger partial charge in [-0.3, -0.25) is 9.89 Å². The van der Waals surface area contributed by atoms with Crippen molar-refractivity contribution < 1.29 is 19.0 Å². The summed E-state index contributed by atoms with van der Waals surface area (Å²) >= 11 is 0. The number of aromatic nitrogens is 2.